The third-order valence-electron chi connectivity index (χ3n) is 8.33. The lowest BCUT2D eigenvalue weighted by Crippen LogP contribution is -2.39. The molecule has 5 rings (SSSR count). The normalized spacial score (nSPS) is 19.3. The van der Waals surface area contributed by atoms with E-state index in [1.165, 1.54) is 14.2 Å². The van der Waals surface area contributed by atoms with E-state index in [2.05, 4.69) is 30.8 Å². The van der Waals surface area contributed by atoms with E-state index in [0.717, 1.165) is 42.1 Å². The first kappa shape index (κ1) is 32.4. The van der Waals surface area contributed by atoms with Crippen molar-refractivity contribution in [3.8, 4) is 5.75 Å². The molecular weight excluding hydrogens is 611 g/mol. The number of carbonyl (C=O) groups is 1. The zero-order valence-electron chi connectivity index (χ0n) is 25.4. The van der Waals surface area contributed by atoms with E-state index in [4.69, 9.17) is 4.74 Å². The summed E-state index contributed by atoms with van der Waals surface area (Å²) in [5, 5.41) is 8.72. The van der Waals surface area contributed by atoms with E-state index in [9.17, 15) is 26.4 Å². The molecule has 0 bridgehead atoms. The fourth-order valence-corrected chi connectivity index (χ4v) is 6.48. The topological polar surface area (TPSA) is 129 Å². The van der Waals surface area contributed by atoms with Gasteiger partial charge >= 0.3 is 6.18 Å². The molecule has 2 aromatic carbocycles. The van der Waals surface area contributed by atoms with Gasteiger partial charge in [0.05, 0.1) is 31.1 Å². The van der Waals surface area contributed by atoms with Crippen LogP contribution in [0.4, 0.5) is 36.3 Å². The van der Waals surface area contributed by atoms with Crippen molar-refractivity contribution in [2.45, 2.75) is 37.5 Å². The second-order valence-corrected chi connectivity index (χ2v) is 13.5. The minimum Gasteiger partial charge on any atom is -0.494 e. The van der Waals surface area contributed by atoms with Crippen molar-refractivity contribution < 1.29 is 31.1 Å². The molecule has 0 radical (unpaired) electrons. The molecule has 45 heavy (non-hydrogen) atoms. The van der Waals surface area contributed by atoms with Crippen LogP contribution in [0.2, 0.25) is 0 Å². The number of amides is 1. The third-order valence-corrected chi connectivity index (χ3v) is 9.60. The van der Waals surface area contributed by atoms with Gasteiger partial charge in [-0.25, -0.2) is 13.4 Å². The van der Waals surface area contributed by atoms with E-state index in [0.29, 0.717) is 28.9 Å². The number of alkyl halides is 3. The predicted molar refractivity (Wildman–Crippen MR) is 165 cm³/mol. The Morgan fingerprint density at radius 3 is 2.51 bits per heavy atom. The van der Waals surface area contributed by atoms with Crippen molar-refractivity contribution >= 4 is 39.1 Å². The lowest BCUT2D eigenvalue weighted by Gasteiger charge is -2.30. The summed E-state index contributed by atoms with van der Waals surface area (Å²) in [5.41, 5.74) is 1.31. The Morgan fingerprint density at radius 2 is 1.84 bits per heavy atom. The molecule has 0 saturated carbocycles. The minimum atomic E-state index is -4.78. The van der Waals surface area contributed by atoms with Crippen LogP contribution < -0.4 is 20.7 Å². The zero-order chi connectivity index (χ0) is 32.5. The molecule has 11 nitrogen and oxygen atoms in total. The summed E-state index contributed by atoms with van der Waals surface area (Å²) in [6, 6.07) is 10.5. The van der Waals surface area contributed by atoms with E-state index in [1.54, 1.807) is 36.4 Å². The van der Waals surface area contributed by atoms with Gasteiger partial charge in [0, 0.05) is 30.9 Å². The van der Waals surface area contributed by atoms with Gasteiger partial charge in [-0.05, 0) is 62.7 Å². The largest absolute Gasteiger partial charge is 0.494 e. The number of carbonyl (C=O) groups excluding carboxylic acids is 1. The van der Waals surface area contributed by atoms with E-state index in [-0.39, 0.29) is 24.2 Å². The monoisotopic (exact) mass is 647 g/mol. The molecule has 15 heteroatoms. The molecule has 2 heterocycles. The van der Waals surface area contributed by atoms with Gasteiger partial charge in [-0.1, -0.05) is 24.3 Å². The highest BCUT2D eigenvalue weighted by Gasteiger charge is 2.41. The zero-order valence-corrected chi connectivity index (χ0v) is 26.2. The maximum absolute atomic E-state index is 14.1. The van der Waals surface area contributed by atoms with Gasteiger partial charge in [-0.2, -0.15) is 22.5 Å². The smallest absolute Gasteiger partial charge is 0.421 e. The van der Waals surface area contributed by atoms with Gasteiger partial charge in [0.25, 0.3) is 0 Å². The fourth-order valence-electron chi connectivity index (χ4n) is 5.80. The number of piperidine rings is 1. The lowest BCUT2D eigenvalue weighted by molar-refractivity contribution is -0.137. The van der Waals surface area contributed by atoms with E-state index < -0.39 is 39.7 Å². The van der Waals surface area contributed by atoms with Crippen molar-refractivity contribution in [1.82, 2.24) is 19.2 Å². The molecule has 1 saturated heterocycles. The Morgan fingerprint density at radius 1 is 1.13 bits per heavy atom. The molecule has 242 valence electrons. The predicted octanol–water partition coefficient (Wildman–Crippen LogP) is 4.50. The van der Waals surface area contributed by atoms with Gasteiger partial charge < -0.3 is 25.6 Å². The molecule has 1 amide bonds. The Hall–Kier alpha value is -3.95. The van der Waals surface area contributed by atoms with Crippen LogP contribution in [-0.2, 0) is 27.4 Å². The number of anilines is 4. The summed E-state index contributed by atoms with van der Waals surface area (Å²) >= 11 is 0. The van der Waals surface area contributed by atoms with Crippen molar-refractivity contribution in [2.24, 2.45) is 5.92 Å². The van der Waals surface area contributed by atoms with Crippen molar-refractivity contribution in [2.75, 3.05) is 56.5 Å². The first-order valence-corrected chi connectivity index (χ1v) is 16.3. The highest BCUT2D eigenvalue weighted by atomic mass is 32.2. The number of aromatic nitrogens is 2. The number of likely N-dealkylation sites (tertiary alicyclic amines) is 1. The number of sulfonamides is 1. The molecular formula is C30H36F3N7O4S. The maximum Gasteiger partial charge on any atom is 0.421 e. The fraction of sp³-hybridized carbons (Fsp3) is 0.433. The Bertz CT molecular complexity index is 1660. The average molecular weight is 648 g/mol. The summed E-state index contributed by atoms with van der Waals surface area (Å²) < 4.78 is 73.9. The summed E-state index contributed by atoms with van der Waals surface area (Å²) in [7, 11) is 1.17. The van der Waals surface area contributed by atoms with Crippen LogP contribution in [0.1, 0.15) is 35.6 Å². The summed E-state index contributed by atoms with van der Waals surface area (Å²) in [6.45, 7) is 1.69. The van der Waals surface area contributed by atoms with Crippen LogP contribution in [0.5, 0.6) is 5.75 Å². The highest BCUT2D eigenvalue weighted by molar-refractivity contribution is 7.88. The number of fused-ring (bicyclic) bond motifs is 1. The van der Waals surface area contributed by atoms with Gasteiger partial charge in [0.2, 0.25) is 21.9 Å². The van der Waals surface area contributed by atoms with Gasteiger partial charge in [0.1, 0.15) is 17.1 Å². The van der Waals surface area contributed by atoms with Gasteiger partial charge in [-0.15, -0.1) is 0 Å². The third kappa shape index (κ3) is 7.31. The van der Waals surface area contributed by atoms with Gasteiger partial charge in [-0.3, -0.25) is 4.79 Å². The number of nitrogens with one attached hydrogen (secondary N) is 3. The molecule has 1 fully saturated rings. The number of methoxy groups -OCH3 is 1. The number of halogens is 3. The van der Waals surface area contributed by atoms with E-state index in [1.807, 2.05) is 13.1 Å². The second-order valence-electron chi connectivity index (χ2n) is 11.4. The van der Waals surface area contributed by atoms with Crippen LogP contribution in [0.15, 0.2) is 48.7 Å². The van der Waals surface area contributed by atoms with Crippen LogP contribution >= 0.6 is 0 Å². The Labute approximate surface area is 260 Å². The van der Waals surface area contributed by atoms with Crippen LogP contribution in [0.25, 0.3) is 0 Å². The number of hydrogen-bond donors (Lipinski definition) is 3. The molecule has 3 aromatic rings. The van der Waals surface area contributed by atoms with Crippen molar-refractivity contribution in [1.29, 1.82) is 0 Å². The first-order chi connectivity index (χ1) is 21.2. The standard InChI is InChI=1S/C30H36F3N7O4S/c1-39-13-11-18(12-14-39)28(41)35-20-9-10-23(25(16-20)44-3)37-29-34-17-22(30(31,32)33)27(38-29)36-24-15-19-7-5-6-8-21(19)26(24)40(2)45(4,42)43/h5-10,16-18,24,26H,11-15H2,1-4H3,(H,35,41)(H2,34,36,37,38)/t24-,26-/m1/s1. The molecule has 0 spiro atoms. The molecule has 1 aliphatic carbocycles. The van der Waals surface area contributed by atoms with Crippen LogP contribution in [0, 0.1) is 5.92 Å². The number of nitrogens with zero attached hydrogens (tertiary/aromatic N) is 4. The molecule has 2 aliphatic rings. The van der Waals surface area contributed by atoms with Gasteiger partial charge in [0.15, 0.2) is 0 Å². The average Bonchev–Trinajstić information content (AvgIpc) is 3.34. The summed E-state index contributed by atoms with van der Waals surface area (Å²) in [4.78, 5) is 23.1. The molecule has 2 atom stereocenters. The number of benzene rings is 2. The number of rotatable bonds is 9. The maximum atomic E-state index is 14.1. The van der Waals surface area contributed by atoms with Crippen LogP contribution in [-0.4, -0.2) is 80.1 Å². The summed E-state index contributed by atoms with van der Waals surface area (Å²) in [6.07, 6.45) is -1.24. The SMILES string of the molecule is COc1cc(NC(=O)C2CCN(C)CC2)ccc1Nc1ncc(C(F)(F)F)c(N[C@@H]2Cc3ccccc3[C@H]2N(C)S(C)(=O)=O)n1. The molecule has 3 N–H and O–H groups in total. The van der Waals surface area contributed by atoms with Crippen LogP contribution in [0.3, 0.4) is 0 Å². The first-order valence-electron chi connectivity index (χ1n) is 14.4. The van der Waals surface area contributed by atoms with Crippen molar-refractivity contribution in [3.05, 3.63) is 65.4 Å². The minimum absolute atomic E-state index is 0.0819. The number of hydrogen-bond acceptors (Lipinski definition) is 9. The van der Waals surface area contributed by atoms with Crippen molar-refractivity contribution in [3.63, 3.8) is 0 Å². The van der Waals surface area contributed by atoms with E-state index >= 15 is 0 Å². The highest BCUT2D eigenvalue weighted by Crippen LogP contribution is 2.41. The lowest BCUT2D eigenvalue weighted by atomic mass is 9.96. The molecule has 1 aromatic heterocycles. The Kier molecular flexibility index (Phi) is 9.23. The number of ether oxygens (including phenoxy) is 1. The quantitative estimate of drug-likeness (QED) is 0.308. The molecule has 1 aliphatic heterocycles. The molecule has 0 unspecified atom stereocenters. The second kappa shape index (κ2) is 12.8. The Balaban J connectivity index is 1.40. The number of likely N-dealkylation sites (N-methyl/N-ethyl adjacent to an activating group) is 1. The summed E-state index contributed by atoms with van der Waals surface area (Å²) in [5.74, 6) is -0.501.